The highest BCUT2D eigenvalue weighted by molar-refractivity contribution is 5.56. The van der Waals surface area contributed by atoms with Crippen LogP contribution in [0.1, 0.15) is 13.8 Å². The van der Waals surface area contributed by atoms with Crippen molar-refractivity contribution in [2.24, 2.45) is 5.73 Å². The first-order valence-corrected chi connectivity index (χ1v) is 2.83. The van der Waals surface area contributed by atoms with E-state index in [1.54, 1.807) is 0 Å². The molecule has 0 aromatic heterocycles. The summed E-state index contributed by atoms with van der Waals surface area (Å²) >= 11 is 0. The summed E-state index contributed by atoms with van der Waals surface area (Å²) < 4.78 is 3.98. The molecule has 0 radical (unpaired) electrons. The molecule has 0 aliphatic heterocycles. The van der Waals surface area contributed by atoms with E-state index in [4.69, 9.17) is 10.8 Å². The summed E-state index contributed by atoms with van der Waals surface area (Å²) in [4.78, 5) is 9.48. The average molecular weight is 135 g/mol. The molecule has 0 saturated carbocycles. The SMILES string of the molecule is CC.NCCOC(=O)O. The standard InChI is InChI=1S/C3H7NO3.C2H6/c4-1-2-7-3(5)6;1-2/h1-2,4H2,(H,5,6);1-2H3. The van der Waals surface area contributed by atoms with Gasteiger partial charge in [0, 0.05) is 6.54 Å². The highest BCUT2D eigenvalue weighted by atomic mass is 16.7. The molecule has 0 aliphatic carbocycles. The second-order valence-electron chi connectivity index (χ2n) is 0.903. The van der Waals surface area contributed by atoms with Crippen LogP contribution in [0.15, 0.2) is 0 Å². The van der Waals surface area contributed by atoms with Crippen molar-refractivity contribution in [1.29, 1.82) is 0 Å². The maximum absolute atomic E-state index is 9.48. The van der Waals surface area contributed by atoms with E-state index < -0.39 is 6.16 Å². The summed E-state index contributed by atoms with van der Waals surface area (Å²) in [5.74, 6) is 0. The van der Waals surface area contributed by atoms with Gasteiger partial charge in [0.05, 0.1) is 0 Å². The first kappa shape index (κ1) is 11.1. The van der Waals surface area contributed by atoms with E-state index in [0.29, 0.717) is 0 Å². The predicted molar refractivity (Wildman–Crippen MR) is 34.4 cm³/mol. The Balaban J connectivity index is 0. The molecular formula is C5H13NO3. The fraction of sp³-hybridized carbons (Fsp3) is 0.800. The van der Waals surface area contributed by atoms with Gasteiger partial charge in [0.25, 0.3) is 0 Å². The Morgan fingerprint density at radius 2 is 2.11 bits per heavy atom. The second-order valence-corrected chi connectivity index (χ2v) is 0.903. The molecule has 56 valence electrons. The van der Waals surface area contributed by atoms with Crippen LogP contribution in [0, 0.1) is 0 Å². The zero-order valence-electron chi connectivity index (χ0n) is 5.76. The molecule has 0 aliphatic rings. The molecule has 0 atom stereocenters. The number of rotatable bonds is 2. The fourth-order valence-electron chi connectivity index (χ4n) is 0.146. The van der Waals surface area contributed by atoms with Crippen LogP contribution in [0.2, 0.25) is 0 Å². The molecule has 0 heterocycles. The molecule has 3 N–H and O–H groups in total. The van der Waals surface area contributed by atoms with Gasteiger partial charge in [-0.25, -0.2) is 4.79 Å². The summed E-state index contributed by atoms with van der Waals surface area (Å²) in [6, 6.07) is 0. The van der Waals surface area contributed by atoms with Gasteiger partial charge in [0.1, 0.15) is 6.61 Å². The van der Waals surface area contributed by atoms with Crippen molar-refractivity contribution < 1.29 is 14.6 Å². The lowest BCUT2D eigenvalue weighted by atomic mass is 10.7. The molecular weight excluding hydrogens is 122 g/mol. The van der Waals surface area contributed by atoms with Crippen LogP contribution in [-0.4, -0.2) is 24.4 Å². The summed E-state index contributed by atoms with van der Waals surface area (Å²) in [6.07, 6.45) is -1.27. The van der Waals surface area contributed by atoms with E-state index in [1.165, 1.54) is 0 Å². The molecule has 0 unspecified atom stereocenters. The van der Waals surface area contributed by atoms with Crippen molar-refractivity contribution in [1.82, 2.24) is 0 Å². The molecule has 0 bridgehead atoms. The van der Waals surface area contributed by atoms with Gasteiger partial charge in [-0.15, -0.1) is 0 Å². The third-order valence-electron chi connectivity index (χ3n) is 0.343. The first-order chi connectivity index (χ1) is 4.27. The maximum atomic E-state index is 9.48. The number of carbonyl (C=O) groups is 1. The molecule has 4 nitrogen and oxygen atoms in total. The Morgan fingerprint density at radius 1 is 1.67 bits per heavy atom. The third kappa shape index (κ3) is 19.0. The van der Waals surface area contributed by atoms with E-state index in [-0.39, 0.29) is 13.2 Å². The molecule has 0 spiro atoms. The van der Waals surface area contributed by atoms with E-state index in [2.05, 4.69) is 4.74 Å². The van der Waals surface area contributed by atoms with Gasteiger partial charge in [-0.05, 0) is 0 Å². The van der Waals surface area contributed by atoms with Crippen LogP contribution >= 0.6 is 0 Å². The van der Waals surface area contributed by atoms with Gasteiger partial charge in [0.15, 0.2) is 0 Å². The quantitative estimate of drug-likeness (QED) is 0.546. The summed E-state index contributed by atoms with van der Waals surface area (Å²) in [7, 11) is 0. The van der Waals surface area contributed by atoms with Gasteiger partial charge in [-0.2, -0.15) is 0 Å². The van der Waals surface area contributed by atoms with Crippen molar-refractivity contribution in [3.05, 3.63) is 0 Å². The van der Waals surface area contributed by atoms with Gasteiger partial charge in [-0.3, -0.25) is 0 Å². The van der Waals surface area contributed by atoms with Crippen molar-refractivity contribution in [2.75, 3.05) is 13.2 Å². The smallest absolute Gasteiger partial charge is 0.450 e. The van der Waals surface area contributed by atoms with Gasteiger partial charge in [0.2, 0.25) is 0 Å². The number of nitrogens with two attached hydrogens (primary N) is 1. The summed E-state index contributed by atoms with van der Waals surface area (Å²) in [5, 5.41) is 7.77. The predicted octanol–water partition coefficient (Wildman–Crippen LogP) is 0.666. The summed E-state index contributed by atoms with van der Waals surface area (Å²) in [6.45, 7) is 4.32. The lowest BCUT2D eigenvalue weighted by molar-refractivity contribution is 0.0944. The molecule has 0 fully saturated rings. The lowest BCUT2D eigenvalue weighted by Gasteiger charge is -1.92. The number of carboxylic acid groups (broad SMARTS) is 1. The Morgan fingerprint density at radius 3 is 2.22 bits per heavy atom. The van der Waals surface area contributed by atoms with Crippen molar-refractivity contribution >= 4 is 6.16 Å². The minimum Gasteiger partial charge on any atom is -0.450 e. The molecule has 0 aromatic carbocycles. The van der Waals surface area contributed by atoms with Crippen LogP contribution in [0.25, 0.3) is 0 Å². The van der Waals surface area contributed by atoms with Crippen LogP contribution in [0.4, 0.5) is 4.79 Å². The Bertz CT molecular complexity index is 65.2. The van der Waals surface area contributed by atoms with Crippen LogP contribution in [-0.2, 0) is 4.74 Å². The Hall–Kier alpha value is -0.770. The molecule has 9 heavy (non-hydrogen) atoms. The molecule has 4 heteroatoms. The minimum atomic E-state index is -1.27. The van der Waals surface area contributed by atoms with Crippen molar-refractivity contribution in [2.45, 2.75) is 13.8 Å². The zero-order chi connectivity index (χ0) is 7.70. The molecule has 0 rings (SSSR count). The second kappa shape index (κ2) is 10.3. The van der Waals surface area contributed by atoms with E-state index >= 15 is 0 Å². The van der Waals surface area contributed by atoms with Gasteiger partial charge < -0.3 is 15.6 Å². The number of ether oxygens (including phenoxy) is 1. The van der Waals surface area contributed by atoms with E-state index in [0.717, 1.165) is 0 Å². The van der Waals surface area contributed by atoms with E-state index in [1.807, 2.05) is 13.8 Å². The monoisotopic (exact) mass is 135 g/mol. The topological polar surface area (TPSA) is 72.5 Å². The van der Waals surface area contributed by atoms with E-state index in [9.17, 15) is 4.79 Å². The lowest BCUT2D eigenvalue weighted by Crippen LogP contribution is -2.11. The normalized spacial score (nSPS) is 7.00. The molecule has 0 amide bonds. The number of hydrogen-bond donors (Lipinski definition) is 2. The van der Waals surface area contributed by atoms with Gasteiger partial charge >= 0.3 is 6.16 Å². The van der Waals surface area contributed by atoms with Gasteiger partial charge in [-0.1, -0.05) is 13.8 Å². The van der Waals surface area contributed by atoms with Crippen molar-refractivity contribution in [3.8, 4) is 0 Å². The average Bonchev–Trinajstić information content (AvgIpc) is 1.88. The summed E-state index contributed by atoms with van der Waals surface area (Å²) in [5.41, 5.74) is 4.89. The van der Waals surface area contributed by atoms with Crippen molar-refractivity contribution in [3.63, 3.8) is 0 Å². The fourth-order valence-corrected chi connectivity index (χ4v) is 0.146. The number of hydrogen-bond acceptors (Lipinski definition) is 3. The zero-order valence-corrected chi connectivity index (χ0v) is 5.76. The molecule has 0 aromatic rings. The first-order valence-electron chi connectivity index (χ1n) is 2.83. The highest BCUT2D eigenvalue weighted by Crippen LogP contribution is 1.69. The van der Waals surface area contributed by atoms with Crippen LogP contribution < -0.4 is 5.73 Å². The maximum Gasteiger partial charge on any atom is 0.505 e. The van der Waals surface area contributed by atoms with Crippen LogP contribution in [0.5, 0.6) is 0 Å². The largest absolute Gasteiger partial charge is 0.505 e. The van der Waals surface area contributed by atoms with Crippen LogP contribution in [0.3, 0.4) is 0 Å². The Labute approximate surface area is 54.6 Å². The third-order valence-corrected chi connectivity index (χ3v) is 0.343. The minimum absolute atomic E-state index is 0.0787. The Kier molecular flexibility index (Phi) is 12.6. The highest BCUT2D eigenvalue weighted by Gasteiger charge is 1.89. The molecule has 0 saturated heterocycles.